The maximum Gasteiger partial charge on any atom is 0.171 e. The van der Waals surface area contributed by atoms with Crippen molar-refractivity contribution in [1.29, 1.82) is 0 Å². The van der Waals surface area contributed by atoms with Crippen LogP contribution in [0.4, 0.5) is 0 Å². The number of allylic oxidation sites excluding steroid dienone is 1. The molecule has 3 rings (SSSR count). The third-order valence-electron chi connectivity index (χ3n) is 4.71. The third kappa shape index (κ3) is 3.46. The van der Waals surface area contributed by atoms with Gasteiger partial charge in [0.05, 0.1) is 17.6 Å². The molecule has 3 N–H and O–H groups in total. The predicted molar refractivity (Wildman–Crippen MR) is 92.7 cm³/mol. The van der Waals surface area contributed by atoms with Crippen LogP contribution in [-0.4, -0.2) is 16.4 Å². The normalized spacial score (nSPS) is 20.8. The van der Waals surface area contributed by atoms with Gasteiger partial charge in [-0.25, -0.2) is 0 Å². The Morgan fingerprint density at radius 1 is 1.38 bits per heavy atom. The van der Waals surface area contributed by atoms with Crippen molar-refractivity contribution in [3.63, 3.8) is 0 Å². The van der Waals surface area contributed by atoms with Gasteiger partial charge < -0.3 is 20.1 Å². The molecule has 0 bridgehead atoms. The maximum absolute atomic E-state index is 9.60. The minimum absolute atomic E-state index is 0.116. The second-order valence-corrected chi connectivity index (χ2v) is 6.40. The SMILES string of the molecule is C=C(O)[C@@H]1CCC[C@@H](Oc2ccc(-c3onc(C)c3CN)cc2)C1. The number of aryl methyl sites for hydroxylation is 1. The van der Waals surface area contributed by atoms with Crippen molar-refractivity contribution in [2.75, 3.05) is 0 Å². The van der Waals surface area contributed by atoms with Crippen LogP contribution in [-0.2, 0) is 6.54 Å². The van der Waals surface area contributed by atoms with Gasteiger partial charge in [-0.15, -0.1) is 0 Å². The first-order valence-electron chi connectivity index (χ1n) is 8.38. The van der Waals surface area contributed by atoms with E-state index in [9.17, 15) is 5.11 Å². The predicted octanol–water partition coefficient (Wildman–Crippen LogP) is 4.12. The lowest BCUT2D eigenvalue weighted by atomic mass is 9.86. The van der Waals surface area contributed by atoms with Gasteiger partial charge >= 0.3 is 0 Å². The maximum atomic E-state index is 9.60. The minimum Gasteiger partial charge on any atom is -0.513 e. The second kappa shape index (κ2) is 7.09. The van der Waals surface area contributed by atoms with Gasteiger partial charge in [-0.1, -0.05) is 11.7 Å². The highest BCUT2D eigenvalue weighted by Crippen LogP contribution is 2.32. The smallest absolute Gasteiger partial charge is 0.171 e. The van der Waals surface area contributed by atoms with Gasteiger partial charge in [0.1, 0.15) is 5.75 Å². The molecule has 5 nitrogen and oxygen atoms in total. The number of nitrogens with zero attached hydrogens (tertiary/aromatic N) is 1. The topological polar surface area (TPSA) is 81.5 Å². The molecule has 0 radical (unpaired) electrons. The number of ether oxygens (including phenoxy) is 1. The number of nitrogens with two attached hydrogens (primary N) is 1. The number of benzene rings is 1. The monoisotopic (exact) mass is 328 g/mol. The molecule has 1 saturated carbocycles. The van der Waals surface area contributed by atoms with Crippen LogP contribution in [0.1, 0.15) is 36.9 Å². The Morgan fingerprint density at radius 3 is 2.79 bits per heavy atom. The molecular formula is C19H24N2O3. The van der Waals surface area contributed by atoms with E-state index in [0.717, 1.165) is 54.0 Å². The van der Waals surface area contributed by atoms with Crippen LogP contribution in [0, 0.1) is 12.8 Å². The molecule has 1 aliphatic rings. The summed E-state index contributed by atoms with van der Waals surface area (Å²) in [7, 11) is 0. The summed E-state index contributed by atoms with van der Waals surface area (Å²) in [5.74, 6) is 1.95. The number of hydrogen-bond donors (Lipinski definition) is 2. The largest absolute Gasteiger partial charge is 0.513 e. The van der Waals surface area contributed by atoms with Gasteiger partial charge in [0, 0.05) is 23.6 Å². The van der Waals surface area contributed by atoms with Crippen molar-refractivity contribution in [3.8, 4) is 17.1 Å². The molecule has 0 amide bonds. The minimum atomic E-state index is 0.116. The van der Waals surface area contributed by atoms with E-state index in [2.05, 4.69) is 11.7 Å². The number of rotatable bonds is 5. The summed E-state index contributed by atoms with van der Waals surface area (Å²) in [6, 6.07) is 7.79. The molecule has 1 aromatic heterocycles. The van der Waals surface area contributed by atoms with Gasteiger partial charge in [0.2, 0.25) is 0 Å². The molecular weight excluding hydrogens is 304 g/mol. The van der Waals surface area contributed by atoms with Crippen molar-refractivity contribution >= 4 is 0 Å². The lowest BCUT2D eigenvalue weighted by Gasteiger charge is -2.29. The molecule has 2 atom stereocenters. The highest BCUT2D eigenvalue weighted by Gasteiger charge is 2.25. The quantitative estimate of drug-likeness (QED) is 0.807. The van der Waals surface area contributed by atoms with Crippen molar-refractivity contribution in [3.05, 3.63) is 47.9 Å². The standard InChI is InChI=1S/C19H24N2O3/c1-12-18(11-20)19(24-21-12)14-6-8-16(9-7-14)23-17-5-3-4-15(10-17)13(2)22/h6-9,15,17,22H,2-5,10-11,20H2,1H3/t15-,17-/m1/s1. The molecule has 0 saturated heterocycles. The Labute approximate surface area is 142 Å². The number of aliphatic hydroxyl groups excluding tert-OH is 1. The van der Waals surface area contributed by atoms with Crippen LogP contribution in [0.3, 0.4) is 0 Å². The number of hydrogen-bond acceptors (Lipinski definition) is 5. The highest BCUT2D eigenvalue weighted by atomic mass is 16.5. The van der Waals surface area contributed by atoms with Gasteiger partial charge in [-0.2, -0.15) is 0 Å². The Hall–Kier alpha value is -2.27. The summed E-state index contributed by atoms with van der Waals surface area (Å²) in [6.45, 7) is 5.95. The van der Waals surface area contributed by atoms with E-state index in [0.29, 0.717) is 6.54 Å². The van der Waals surface area contributed by atoms with Crippen molar-refractivity contribution < 1.29 is 14.4 Å². The molecule has 1 fully saturated rings. The Balaban J connectivity index is 1.69. The molecule has 5 heteroatoms. The Bertz CT molecular complexity index is 706. The van der Waals surface area contributed by atoms with E-state index in [-0.39, 0.29) is 17.8 Å². The molecule has 128 valence electrons. The molecule has 0 spiro atoms. The first-order chi connectivity index (χ1) is 11.6. The van der Waals surface area contributed by atoms with E-state index >= 15 is 0 Å². The summed E-state index contributed by atoms with van der Waals surface area (Å²) in [5.41, 5.74) is 8.47. The van der Waals surface area contributed by atoms with E-state index < -0.39 is 0 Å². The van der Waals surface area contributed by atoms with Gasteiger partial charge in [-0.05, 0) is 56.9 Å². The number of aliphatic hydroxyl groups is 1. The van der Waals surface area contributed by atoms with Gasteiger partial charge in [0.15, 0.2) is 5.76 Å². The molecule has 1 aromatic carbocycles. The first-order valence-corrected chi connectivity index (χ1v) is 8.38. The first kappa shape index (κ1) is 16.6. The zero-order valence-electron chi connectivity index (χ0n) is 14.0. The van der Waals surface area contributed by atoms with Crippen molar-refractivity contribution in [1.82, 2.24) is 5.16 Å². The van der Waals surface area contributed by atoms with Crippen molar-refractivity contribution in [2.24, 2.45) is 11.7 Å². The summed E-state index contributed by atoms with van der Waals surface area (Å²) >= 11 is 0. The average molecular weight is 328 g/mol. The molecule has 24 heavy (non-hydrogen) atoms. The van der Waals surface area contributed by atoms with E-state index in [4.69, 9.17) is 15.0 Å². The summed E-state index contributed by atoms with van der Waals surface area (Å²) < 4.78 is 11.5. The van der Waals surface area contributed by atoms with E-state index in [1.165, 1.54) is 0 Å². The van der Waals surface area contributed by atoms with Gasteiger partial charge in [0.25, 0.3) is 0 Å². The lowest BCUT2D eigenvalue weighted by molar-refractivity contribution is 0.118. The second-order valence-electron chi connectivity index (χ2n) is 6.40. The summed E-state index contributed by atoms with van der Waals surface area (Å²) in [5, 5.41) is 13.6. The summed E-state index contributed by atoms with van der Waals surface area (Å²) in [4.78, 5) is 0. The fraction of sp³-hybridized carbons (Fsp3) is 0.421. The molecule has 0 aliphatic heterocycles. The zero-order chi connectivity index (χ0) is 17.1. The fourth-order valence-corrected chi connectivity index (χ4v) is 3.29. The van der Waals surface area contributed by atoms with Gasteiger partial charge in [-0.3, -0.25) is 0 Å². The van der Waals surface area contributed by atoms with Crippen LogP contribution in [0.25, 0.3) is 11.3 Å². The molecule has 2 aromatic rings. The number of aromatic nitrogens is 1. The van der Waals surface area contributed by atoms with Crippen LogP contribution in [0.15, 0.2) is 41.1 Å². The van der Waals surface area contributed by atoms with Crippen LogP contribution < -0.4 is 10.5 Å². The molecule has 0 unspecified atom stereocenters. The lowest BCUT2D eigenvalue weighted by Crippen LogP contribution is -2.26. The van der Waals surface area contributed by atoms with Crippen molar-refractivity contribution in [2.45, 2.75) is 45.3 Å². The average Bonchev–Trinajstić information content (AvgIpc) is 2.96. The highest BCUT2D eigenvalue weighted by molar-refractivity contribution is 5.62. The fourth-order valence-electron chi connectivity index (χ4n) is 3.29. The Morgan fingerprint density at radius 2 is 2.12 bits per heavy atom. The molecule has 1 aliphatic carbocycles. The Kier molecular flexibility index (Phi) is 4.90. The van der Waals surface area contributed by atoms with Crippen LogP contribution in [0.5, 0.6) is 5.75 Å². The zero-order valence-corrected chi connectivity index (χ0v) is 14.0. The van der Waals surface area contributed by atoms with Crippen LogP contribution in [0.2, 0.25) is 0 Å². The molecule has 1 heterocycles. The summed E-state index contributed by atoms with van der Waals surface area (Å²) in [6.07, 6.45) is 3.97. The third-order valence-corrected chi connectivity index (χ3v) is 4.71. The van der Waals surface area contributed by atoms with E-state index in [1.807, 2.05) is 31.2 Å². The van der Waals surface area contributed by atoms with E-state index in [1.54, 1.807) is 0 Å². The van der Waals surface area contributed by atoms with Crippen LogP contribution >= 0.6 is 0 Å².